The first kappa shape index (κ1) is 23.9. The van der Waals surface area contributed by atoms with Gasteiger partial charge >= 0.3 is 5.97 Å². The summed E-state index contributed by atoms with van der Waals surface area (Å²) in [6.07, 6.45) is 1.65. The predicted octanol–water partition coefficient (Wildman–Crippen LogP) is 4.01. The number of rotatable bonds is 5. The van der Waals surface area contributed by atoms with Crippen LogP contribution in [0.1, 0.15) is 31.0 Å². The van der Waals surface area contributed by atoms with E-state index in [1.165, 1.54) is 22.8 Å². The fraction of sp³-hybridized carbons (Fsp3) is 0.174. The van der Waals surface area contributed by atoms with Crippen molar-refractivity contribution in [3.8, 4) is 0 Å². The van der Waals surface area contributed by atoms with Crippen molar-refractivity contribution in [3.05, 3.63) is 105 Å². The van der Waals surface area contributed by atoms with E-state index in [1.807, 2.05) is 0 Å². The van der Waals surface area contributed by atoms with Crippen molar-refractivity contribution in [3.63, 3.8) is 0 Å². The molecule has 0 spiro atoms. The number of nitro groups is 1. The van der Waals surface area contributed by atoms with E-state index in [0.717, 1.165) is 11.3 Å². The lowest BCUT2D eigenvalue weighted by atomic mass is 9.95. The number of aromatic nitrogens is 1. The fourth-order valence-electron chi connectivity index (χ4n) is 3.67. The van der Waals surface area contributed by atoms with Gasteiger partial charge in [-0.2, -0.15) is 0 Å². The normalized spacial score (nSPS) is 15.6. The molecule has 2 aromatic carbocycles. The number of allylic oxidation sites excluding steroid dienone is 1. The zero-order chi connectivity index (χ0) is 24.6. The molecule has 1 aromatic heterocycles. The molecule has 0 bridgehead atoms. The maximum atomic E-state index is 13.5. The van der Waals surface area contributed by atoms with Crippen LogP contribution in [0.4, 0.5) is 5.69 Å². The molecule has 4 rings (SSSR count). The molecule has 8 nitrogen and oxygen atoms in total. The van der Waals surface area contributed by atoms with E-state index in [9.17, 15) is 19.7 Å². The quantitative estimate of drug-likeness (QED) is 0.289. The molecule has 1 atom stereocenters. The number of carbonyl (C=O) groups excluding carboxylic acids is 1. The maximum absolute atomic E-state index is 13.5. The number of hydrogen-bond donors (Lipinski definition) is 0. The van der Waals surface area contributed by atoms with E-state index in [-0.39, 0.29) is 17.9 Å². The zero-order valence-corrected chi connectivity index (χ0v) is 20.3. The van der Waals surface area contributed by atoms with Crippen LogP contribution in [0.25, 0.3) is 6.08 Å². The number of carbonyl (C=O) groups is 1. The number of hydrogen-bond acceptors (Lipinski definition) is 7. The standard InChI is InChI=1S/C23H17Cl2N3O5S/c1-3-33-22(30)19-12(2)26-23-27(20(19)14-5-4-6-15(11-14)28(31)32)21(29)18(34-23)10-13-7-8-16(24)17(25)9-13/h4-11,20H,3H2,1-2H3/b18-10-/t20-/m0/s1. The Morgan fingerprint density at radius 3 is 2.71 bits per heavy atom. The molecular formula is C23H17Cl2N3O5S. The molecule has 0 amide bonds. The first-order valence-electron chi connectivity index (χ1n) is 10.1. The lowest BCUT2D eigenvalue weighted by Crippen LogP contribution is -2.40. The molecule has 0 radical (unpaired) electrons. The van der Waals surface area contributed by atoms with Crippen LogP contribution in [-0.4, -0.2) is 22.1 Å². The maximum Gasteiger partial charge on any atom is 0.338 e. The average Bonchev–Trinajstić information content (AvgIpc) is 3.10. The molecule has 1 aliphatic heterocycles. The van der Waals surface area contributed by atoms with Gasteiger partial charge in [0.1, 0.15) is 0 Å². The third kappa shape index (κ3) is 4.42. The van der Waals surface area contributed by atoms with Crippen molar-refractivity contribution in [1.82, 2.24) is 4.57 Å². The highest BCUT2D eigenvalue weighted by Gasteiger charge is 2.34. The van der Waals surface area contributed by atoms with E-state index in [2.05, 4.69) is 4.99 Å². The van der Waals surface area contributed by atoms with Crippen molar-refractivity contribution in [2.75, 3.05) is 6.61 Å². The van der Waals surface area contributed by atoms with Gasteiger partial charge in [0.25, 0.3) is 11.2 Å². The van der Waals surface area contributed by atoms with Gasteiger partial charge in [0, 0.05) is 12.1 Å². The Balaban J connectivity index is 1.97. The SMILES string of the molecule is CCOC(=O)C1=C(C)N=c2s/c(=C\c3ccc(Cl)c(Cl)c3)c(=O)n2[C@H]1c1cccc([N+](=O)[O-])c1. The van der Waals surface area contributed by atoms with Crippen molar-refractivity contribution in [2.45, 2.75) is 19.9 Å². The molecule has 2 heterocycles. The van der Waals surface area contributed by atoms with Crippen LogP contribution in [0.5, 0.6) is 0 Å². The molecule has 0 aliphatic carbocycles. The van der Waals surface area contributed by atoms with Crippen LogP contribution >= 0.6 is 34.5 Å². The smallest absolute Gasteiger partial charge is 0.338 e. The summed E-state index contributed by atoms with van der Waals surface area (Å²) in [4.78, 5) is 42.1. The van der Waals surface area contributed by atoms with E-state index in [1.54, 1.807) is 44.2 Å². The molecule has 34 heavy (non-hydrogen) atoms. The van der Waals surface area contributed by atoms with E-state index < -0.39 is 22.5 Å². The van der Waals surface area contributed by atoms with Gasteiger partial charge in [0.15, 0.2) is 4.80 Å². The summed E-state index contributed by atoms with van der Waals surface area (Å²) in [7, 11) is 0. The molecule has 3 aromatic rings. The molecule has 0 fully saturated rings. The number of non-ortho nitro benzene ring substituents is 1. The van der Waals surface area contributed by atoms with Gasteiger partial charge in [0.2, 0.25) is 0 Å². The Bertz CT molecular complexity index is 1540. The number of nitro benzene ring substituents is 1. The van der Waals surface area contributed by atoms with Gasteiger partial charge in [0.05, 0.1) is 43.4 Å². The van der Waals surface area contributed by atoms with Crippen LogP contribution in [0.15, 0.2) is 63.5 Å². The number of benzene rings is 2. The second kappa shape index (κ2) is 9.54. The lowest BCUT2D eigenvalue weighted by molar-refractivity contribution is -0.384. The van der Waals surface area contributed by atoms with Crippen molar-refractivity contribution in [2.24, 2.45) is 4.99 Å². The van der Waals surface area contributed by atoms with E-state index in [0.29, 0.717) is 36.2 Å². The van der Waals surface area contributed by atoms with Crippen molar-refractivity contribution >= 4 is 52.3 Å². The first-order valence-corrected chi connectivity index (χ1v) is 11.7. The highest BCUT2D eigenvalue weighted by Crippen LogP contribution is 2.32. The molecule has 0 saturated heterocycles. The third-order valence-corrected chi connectivity index (χ3v) is 6.88. The molecule has 0 unspecified atom stereocenters. The van der Waals surface area contributed by atoms with Crippen LogP contribution in [0.2, 0.25) is 10.0 Å². The lowest BCUT2D eigenvalue weighted by Gasteiger charge is -2.24. The third-order valence-electron chi connectivity index (χ3n) is 5.16. The fourth-order valence-corrected chi connectivity index (χ4v) is 5.02. The second-order valence-corrected chi connectivity index (χ2v) is 9.15. The summed E-state index contributed by atoms with van der Waals surface area (Å²) >= 11 is 13.2. The highest BCUT2D eigenvalue weighted by atomic mass is 35.5. The minimum absolute atomic E-state index is 0.124. The number of fused-ring (bicyclic) bond motifs is 1. The summed E-state index contributed by atoms with van der Waals surface area (Å²) < 4.78 is 6.95. The minimum atomic E-state index is -0.939. The molecule has 0 N–H and O–H groups in total. The van der Waals surface area contributed by atoms with Gasteiger partial charge in [-0.3, -0.25) is 19.5 Å². The largest absolute Gasteiger partial charge is 0.463 e. The summed E-state index contributed by atoms with van der Waals surface area (Å²) in [5.74, 6) is -0.640. The Hall–Kier alpha value is -3.27. The first-order chi connectivity index (χ1) is 16.2. The van der Waals surface area contributed by atoms with Crippen LogP contribution in [0.3, 0.4) is 0 Å². The average molecular weight is 518 g/mol. The monoisotopic (exact) mass is 517 g/mol. The molecular weight excluding hydrogens is 501 g/mol. The predicted molar refractivity (Wildman–Crippen MR) is 130 cm³/mol. The Kier molecular flexibility index (Phi) is 6.70. The highest BCUT2D eigenvalue weighted by molar-refractivity contribution is 7.07. The second-order valence-electron chi connectivity index (χ2n) is 7.33. The number of esters is 1. The number of ether oxygens (including phenoxy) is 1. The number of nitrogens with zero attached hydrogens (tertiary/aromatic N) is 3. The van der Waals surface area contributed by atoms with Crippen LogP contribution in [0, 0.1) is 10.1 Å². The summed E-state index contributed by atoms with van der Waals surface area (Å²) in [5.41, 5.74) is 1.02. The Morgan fingerprint density at radius 1 is 1.26 bits per heavy atom. The summed E-state index contributed by atoms with van der Waals surface area (Å²) in [5, 5.41) is 12.1. The molecule has 174 valence electrons. The van der Waals surface area contributed by atoms with Gasteiger partial charge in [-0.05, 0) is 43.2 Å². The molecule has 0 saturated carbocycles. The summed E-state index contributed by atoms with van der Waals surface area (Å²) in [6, 6.07) is 9.88. The van der Waals surface area contributed by atoms with Crippen molar-refractivity contribution in [1.29, 1.82) is 0 Å². The summed E-state index contributed by atoms with van der Waals surface area (Å²) in [6.45, 7) is 3.44. The molecule has 1 aliphatic rings. The van der Waals surface area contributed by atoms with E-state index in [4.69, 9.17) is 27.9 Å². The van der Waals surface area contributed by atoms with Crippen LogP contribution in [-0.2, 0) is 9.53 Å². The van der Waals surface area contributed by atoms with Crippen LogP contribution < -0.4 is 14.9 Å². The minimum Gasteiger partial charge on any atom is -0.463 e. The van der Waals surface area contributed by atoms with Gasteiger partial charge in [-0.25, -0.2) is 9.79 Å². The van der Waals surface area contributed by atoms with Gasteiger partial charge < -0.3 is 4.74 Å². The number of thiazole rings is 1. The number of halogens is 2. The van der Waals surface area contributed by atoms with Gasteiger partial charge in [-0.1, -0.05) is 52.7 Å². The Labute approximate surface area is 207 Å². The molecule has 11 heteroatoms. The van der Waals surface area contributed by atoms with E-state index >= 15 is 0 Å². The van der Waals surface area contributed by atoms with Gasteiger partial charge in [-0.15, -0.1) is 0 Å². The topological polar surface area (TPSA) is 104 Å². The Morgan fingerprint density at radius 2 is 2.03 bits per heavy atom. The zero-order valence-electron chi connectivity index (χ0n) is 18.0. The van der Waals surface area contributed by atoms with Crippen molar-refractivity contribution < 1.29 is 14.5 Å².